The lowest BCUT2D eigenvalue weighted by Gasteiger charge is -2.25. The van der Waals surface area contributed by atoms with Crippen LogP contribution in [0.5, 0.6) is 11.5 Å². The van der Waals surface area contributed by atoms with Crippen molar-refractivity contribution in [3.05, 3.63) is 75.7 Å². The van der Waals surface area contributed by atoms with Gasteiger partial charge < -0.3 is 9.47 Å². The van der Waals surface area contributed by atoms with Gasteiger partial charge in [-0.2, -0.15) is 0 Å². The van der Waals surface area contributed by atoms with E-state index >= 15 is 0 Å². The molecule has 0 bridgehead atoms. The number of hydrogen-bond acceptors (Lipinski definition) is 5. The van der Waals surface area contributed by atoms with Crippen molar-refractivity contribution >= 4 is 56.5 Å². The second kappa shape index (κ2) is 9.82. The Morgan fingerprint density at radius 2 is 2.03 bits per heavy atom. The number of hydrogen-bond donors (Lipinski definition) is 0. The molecule has 0 amide bonds. The average molecular weight is 570 g/mol. The van der Waals surface area contributed by atoms with Crippen molar-refractivity contribution in [2.75, 3.05) is 13.2 Å². The summed E-state index contributed by atoms with van der Waals surface area (Å²) in [7, 11) is 0. The van der Waals surface area contributed by atoms with Crippen LogP contribution in [0.25, 0.3) is 6.08 Å². The first-order valence-corrected chi connectivity index (χ1v) is 12.8. The number of halogens is 3. The first-order valence-electron chi connectivity index (χ1n) is 10.5. The van der Waals surface area contributed by atoms with Crippen LogP contribution in [0, 0.1) is 5.41 Å². The van der Waals surface area contributed by atoms with E-state index in [2.05, 4.69) is 34.8 Å². The van der Waals surface area contributed by atoms with Gasteiger partial charge >= 0.3 is 0 Å². The van der Waals surface area contributed by atoms with Crippen LogP contribution in [-0.4, -0.2) is 17.7 Å². The molecule has 2 aromatic carbocycles. The van der Waals surface area contributed by atoms with E-state index in [9.17, 15) is 4.79 Å². The molecule has 1 aromatic heterocycles. The Kier molecular flexibility index (Phi) is 7.24. The molecular formula is C24H23BrCl2N2O3S. The van der Waals surface area contributed by atoms with E-state index in [1.54, 1.807) is 16.7 Å². The molecule has 0 aliphatic carbocycles. The summed E-state index contributed by atoms with van der Waals surface area (Å²) in [5.41, 5.74) is 1.58. The van der Waals surface area contributed by atoms with Crippen molar-refractivity contribution in [2.45, 2.75) is 33.9 Å². The van der Waals surface area contributed by atoms with Gasteiger partial charge in [-0.15, -0.1) is 0 Å². The normalized spacial score (nSPS) is 15.2. The topological polar surface area (TPSA) is 52.8 Å². The van der Waals surface area contributed by atoms with Crippen molar-refractivity contribution in [3.63, 3.8) is 0 Å². The van der Waals surface area contributed by atoms with Crippen molar-refractivity contribution in [2.24, 2.45) is 10.4 Å². The quantitative estimate of drug-likeness (QED) is 0.397. The van der Waals surface area contributed by atoms with Gasteiger partial charge in [0, 0.05) is 34.1 Å². The zero-order valence-corrected chi connectivity index (χ0v) is 22.4. The van der Waals surface area contributed by atoms with Crippen LogP contribution in [-0.2, 0) is 13.2 Å². The standard InChI is InChI=1S/C24H23BrCl2N2O3S/c1-4-31-21-17(25)7-14(8-19(21)32-11-15-5-6-16(26)10-18(15)27)9-20-22(30)29-13-24(2,3)12-28-23(29)33-20/h5-10H,4,11-13H2,1-3H3. The summed E-state index contributed by atoms with van der Waals surface area (Å²) in [6, 6.07) is 9.07. The largest absolute Gasteiger partial charge is 0.489 e. The number of ether oxygens (including phenoxy) is 2. The van der Waals surface area contributed by atoms with Crippen LogP contribution in [0.3, 0.4) is 0 Å². The van der Waals surface area contributed by atoms with Gasteiger partial charge in [0.2, 0.25) is 0 Å². The lowest BCUT2D eigenvalue weighted by molar-refractivity contribution is 0.268. The third-order valence-electron chi connectivity index (χ3n) is 5.13. The van der Waals surface area contributed by atoms with Gasteiger partial charge in [0.25, 0.3) is 5.56 Å². The highest BCUT2D eigenvalue weighted by molar-refractivity contribution is 9.10. The zero-order valence-electron chi connectivity index (χ0n) is 18.5. The molecule has 0 unspecified atom stereocenters. The first-order chi connectivity index (χ1) is 15.7. The van der Waals surface area contributed by atoms with Crippen molar-refractivity contribution in [1.29, 1.82) is 0 Å². The Hall–Kier alpha value is -1.80. The van der Waals surface area contributed by atoms with Gasteiger partial charge in [0.15, 0.2) is 16.3 Å². The summed E-state index contributed by atoms with van der Waals surface area (Å²) in [5.74, 6) is 1.15. The van der Waals surface area contributed by atoms with E-state index < -0.39 is 0 Å². The van der Waals surface area contributed by atoms with E-state index in [-0.39, 0.29) is 17.6 Å². The molecule has 33 heavy (non-hydrogen) atoms. The lowest BCUT2D eigenvalue weighted by Crippen LogP contribution is -2.41. The molecule has 1 aliphatic heterocycles. The maximum Gasteiger partial charge on any atom is 0.270 e. The molecular weight excluding hydrogens is 547 g/mol. The molecule has 0 saturated carbocycles. The minimum absolute atomic E-state index is 0.0213. The average Bonchev–Trinajstić information content (AvgIpc) is 3.03. The number of fused-ring (bicyclic) bond motifs is 1. The number of thiazole rings is 1. The Morgan fingerprint density at radius 1 is 1.24 bits per heavy atom. The fraction of sp³-hybridized carbons (Fsp3) is 0.333. The third-order valence-corrected chi connectivity index (χ3v) is 7.35. The van der Waals surface area contributed by atoms with E-state index in [1.807, 2.05) is 31.2 Å². The van der Waals surface area contributed by atoms with Crippen molar-refractivity contribution in [1.82, 2.24) is 4.57 Å². The predicted octanol–water partition coefficient (Wildman–Crippen LogP) is 5.45. The summed E-state index contributed by atoms with van der Waals surface area (Å²) in [4.78, 5) is 18.4. The maximum atomic E-state index is 13.0. The van der Waals surface area contributed by atoms with Crippen LogP contribution >= 0.6 is 50.5 Å². The number of aromatic nitrogens is 1. The Labute approximate surface area is 214 Å². The second-order valence-corrected chi connectivity index (χ2v) is 11.3. The van der Waals surface area contributed by atoms with E-state index in [1.165, 1.54) is 11.3 Å². The smallest absolute Gasteiger partial charge is 0.270 e. The number of nitrogens with zero attached hydrogens (tertiary/aromatic N) is 2. The number of rotatable bonds is 6. The molecule has 2 heterocycles. The van der Waals surface area contributed by atoms with Crippen LogP contribution < -0.4 is 24.4 Å². The second-order valence-electron chi connectivity index (χ2n) is 8.55. The zero-order chi connectivity index (χ0) is 23.8. The molecule has 174 valence electrons. The molecule has 9 heteroatoms. The lowest BCUT2D eigenvalue weighted by atomic mass is 9.93. The molecule has 3 aromatic rings. The summed E-state index contributed by atoms with van der Waals surface area (Å²) in [5, 5.41) is 1.10. The van der Waals surface area contributed by atoms with E-state index in [0.717, 1.165) is 20.4 Å². The summed E-state index contributed by atoms with van der Waals surface area (Å²) in [6.45, 7) is 8.25. The Morgan fingerprint density at radius 3 is 2.76 bits per heavy atom. The highest BCUT2D eigenvalue weighted by atomic mass is 79.9. The minimum Gasteiger partial charge on any atom is -0.489 e. The molecule has 5 nitrogen and oxygen atoms in total. The highest BCUT2D eigenvalue weighted by Crippen LogP contribution is 2.38. The Bertz CT molecular complexity index is 1380. The monoisotopic (exact) mass is 568 g/mol. The summed E-state index contributed by atoms with van der Waals surface area (Å²) in [6.07, 6.45) is 1.86. The van der Waals surface area contributed by atoms with Crippen LogP contribution in [0.15, 0.2) is 44.6 Å². The Balaban J connectivity index is 1.72. The molecule has 0 N–H and O–H groups in total. The van der Waals surface area contributed by atoms with Gasteiger partial charge in [-0.25, -0.2) is 0 Å². The predicted molar refractivity (Wildman–Crippen MR) is 138 cm³/mol. The maximum absolute atomic E-state index is 13.0. The van der Waals surface area contributed by atoms with E-state index in [4.69, 9.17) is 32.7 Å². The fourth-order valence-electron chi connectivity index (χ4n) is 3.53. The van der Waals surface area contributed by atoms with Gasteiger partial charge in [0.05, 0.1) is 15.6 Å². The van der Waals surface area contributed by atoms with Crippen LogP contribution in [0.4, 0.5) is 0 Å². The molecule has 1 aliphatic rings. The molecule has 0 radical (unpaired) electrons. The first kappa shape index (κ1) is 24.3. The molecule has 4 rings (SSSR count). The van der Waals surface area contributed by atoms with Crippen molar-refractivity contribution in [3.8, 4) is 11.5 Å². The van der Waals surface area contributed by atoms with Crippen LogP contribution in [0.1, 0.15) is 31.9 Å². The van der Waals surface area contributed by atoms with Gasteiger partial charge in [-0.05, 0) is 58.8 Å². The van der Waals surface area contributed by atoms with Gasteiger partial charge in [-0.3, -0.25) is 14.4 Å². The third kappa shape index (κ3) is 5.48. The van der Waals surface area contributed by atoms with Crippen LogP contribution in [0.2, 0.25) is 10.0 Å². The molecule has 0 fully saturated rings. The van der Waals surface area contributed by atoms with E-state index in [0.29, 0.717) is 45.8 Å². The summed E-state index contributed by atoms with van der Waals surface area (Å²) < 4.78 is 15.0. The summed E-state index contributed by atoms with van der Waals surface area (Å²) >= 11 is 17.3. The van der Waals surface area contributed by atoms with Crippen molar-refractivity contribution < 1.29 is 9.47 Å². The minimum atomic E-state index is -0.0265. The number of benzene rings is 2. The molecule has 0 spiro atoms. The van der Waals surface area contributed by atoms with Gasteiger partial charge in [-0.1, -0.05) is 54.5 Å². The molecule has 0 saturated heterocycles. The SMILES string of the molecule is CCOc1c(Br)cc(C=c2sc3n(c2=O)CC(C)(C)CN=3)cc1OCc1ccc(Cl)cc1Cl. The molecule has 0 atom stereocenters. The highest BCUT2D eigenvalue weighted by Gasteiger charge is 2.24. The van der Waals surface area contributed by atoms with Gasteiger partial charge in [0.1, 0.15) is 6.61 Å². The fourth-order valence-corrected chi connectivity index (χ4v) is 5.55.